The van der Waals surface area contributed by atoms with E-state index >= 15 is 0 Å². The van der Waals surface area contributed by atoms with Crippen molar-refractivity contribution in [1.29, 1.82) is 0 Å². The van der Waals surface area contributed by atoms with Crippen molar-refractivity contribution in [3.05, 3.63) is 46.0 Å². The Balaban J connectivity index is 2.72. The van der Waals surface area contributed by atoms with Gasteiger partial charge in [-0.25, -0.2) is 0 Å². The fourth-order valence-electron chi connectivity index (χ4n) is 1.12. The molecule has 1 aromatic carbocycles. The first-order valence-electron chi connectivity index (χ1n) is 5.06. The third kappa shape index (κ3) is 3.54. The highest BCUT2D eigenvalue weighted by Gasteiger charge is 2.02. The van der Waals surface area contributed by atoms with Crippen molar-refractivity contribution in [2.24, 2.45) is 5.92 Å². The Morgan fingerprint density at radius 3 is 2.47 bits per heavy atom. The van der Waals surface area contributed by atoms with E-state index in [4.69, 9.17) is 0 Å². The molecule has 15 heavy (non-hydrogen) atoms. The summed E-state index contributed by atoms with van der Waals surface area (Å²) in [6.07, 6.45) is 5.21. The highest BCUT2D eigenvalue weighted by atomic mass is 16.6. The molecule has 1 atom stereocenters. The monoisotopic (exact) mass is 205 g/mol. The molecular weight excluding hydrogens is 190 g/mol. The first-order chi connectivity index (χ1) is 7.13. The minimum Gasteiger partial charge on any atom is -0.258 e. The van der Waals surface area contributed by atoms with E-state index in [1.807, 2.05) is 6.08 Å². The first kappa shape index (κ1) is 11.4. The molecule has 80 valence electrons. The van der Waals surface area contributed by atoms with Crippen LogP contribution < -0.4 is 0 Å². The normalized spacial score (nSPS) is 12.9. The second kappa shape index (κ2) is 5.29. The zero-order valence-electron chi connectivity index (χ0n) is 9.01. The maximum atomic E-state index is 10.4. The Hall–Kier alpha value is -1.64. The van der Waals surface area contributed by atoms with E-state index in [0.29, 0.717) is 5.92 Å². The lowest BCUT2D eigenvalue weighted by Crippen LogP contribution is -1.87. The van der Waals surface area contributed by atoms with Crippen molar-refractivity contribution in [3.8, 4) is 0 Å². The van der Waals surface area contributed by atoms with Crippen LogP contribution in [0.3, 0.4) is 0 Å². The van der Waals surface area contributed by atoms with Crippen LogP contribution in [0.2, 0.25) is 0 Å². The van der Waals surface area contributed by atoms with Gasteiger partial charge in [-0.15, -0.1) is 0 Å². The van der Waals surface area contributed by atoms with E-state index in [1.165, 1.54) is 12.1 Å². The lowest BCUT2D eigenvalue weighted by atomic mass is 10.1. The van der Waals surface area contributed by atoms with E-state index < -0.39 is 0 Å². The number of nitro benzene ring substituents is 1. The molecule has 3 heteroatoms. The van der Waals surface area contributed by atoms with Crippen LogP contribution in [0.5, 0.6) is 0 Å². The van der Waals surface area contributed by atoms with Crippen molar-refractivity contribution >= 4 is 11.8 Å². The van der Waals surface area contributed by atoms with Gasteiger partial charge < -0.3 is 0 Å². The van der Waals surface area contributed by atoms with Crippen LogP contribution in [-0.4, -0.2) is 4.92 Å². The number of hydrogen-bond donors (Lipinski definition) is 0. The lowest BCUT2D eigenvalue weighted by Gasteiger charge is -1.99. The van der Waals surface area contributed by atoms with Crippen molar-refractivity contribution < 1.29 is 4.92 Å². The molecule has 0 aliphatic carbocycles. The summed E-state index contributed by atoms with van der Waals surface area (Å²) in [5.41, 5.74) is 1.14. The predicted octanol–water partition coefficient (Wildman–Crippen LogP) is 3.65. The smallest absolute Gasteiger partial charge is 0.258 e. The molecule has 0 saturated heterocycles. The van der Waals surface area contributed by atoms with Crippen LogP contribution in [0, 0.1) is 16.0 Å². The van der Waals surface area contributed by atoms with Gasteiger partial charge in [0.1, 0.15) is 0 Å². The second-order valence-electron chi connectivity index (χ2n) is 3.59. The summed E-state index contributed by atoms with van der Waals surface area (Å²) in [5.74, 6) is 0.542. The van der Waals surface area contributed by atoms with Gasteiger partial charge >= 0.3 is 0 Å². The third-order valence-electron chi connectivity index (χ3n) is 2.37. The van der Waals surface area contributed by atoms with Crippen LogP contribution in [0.4, 0.5) is 5.69 Å². The quantitative estimate of drug-likeness (QED) is 0.556. The zero-order chi connectivity index (χ0) is 11.3. The number of rotatable bonds is 4. The molecular formula is C12H15NO2. The molecule has 0 aliphatic heterocycles. The fourth-order valence-corrected chi connectivity index (χ4v) is 1.12. The molecule has 0 fully saturated rings. The molecule has 1 rings (SSSR count). The zero-order valence-corrected chi connectivity index (χ0v) is 9.01. The average Bonchev–Trinajstić information content (AvgIpc) is 2.26. The fraction of sp³-hybridized carbons (Fsp3) is 0.333. The Bertz CT molecular complexity index is 354. The van der Waals surface area contributed by atoms with Crippen LogP contribution in [0.15, 0.2) is 30.3 Å². The van der Waals surface area contributed by atoms with Gasteiger partial charge in [0, 0.05) is 12.1 Å². The van der Waals surface area contributed by atoms with E-state index in [0.717, 1.165) is 12.0 Å². The largest absolute Gasteiger partial charge is 0.269 e. The standard InChI is InChI=1S/C12H15NO2/c1-3-10(2)4-5-11-6-8-12(9-7-11)13(14)15/h4-10H,3H2,1-2H3/b5-4+. The number of non-ortho nitro benzene ring substituents is 1. The van der Waals surface area contributed by atoms with Gasteiger partial charge in [0.05, 0.1) is 4.92 Å². The van der Waals surface area contributed by atoms with Gasteiger partial charge in [0.25, 0.3) is 5.69 Å². The number of nitro groups is 1. The molecule has 1 unspecified atom stereocenters. The molecule has 0 bridgehead atoms. The van der Waals surface area contributed by atoms with Crippen LogP contribution in [-0.2, 0) is 0 Å². The Kier molecular flexibility index (Phi) is 4.03. The molecule has 0 aliphatic rings. The summed E-state index contributed by atoms with van der Waals surface area (Å²) in [7, 11) is 0. The molecule has 0 amide bonds. The summed E-state index contributed by atoms with van der Waals surface area (Å²) in [6.45, 7) is 4.27. The Morgan fingerprint density at radius 1 is 1.40 bits per heavy atom. The van der Waals surface area contributed by atoms with Crippen LogP contribution in [0.1, 0.15) is 25.8 Å². The van der Waals surface area contributed by atoms with Gasteiger partial charge in [-0.05, 0) is 23.6 Å². The highest BCUT2D eigenvalue weighted by Crippen LogP contribution is 2.14. The number of hydrogen-bond acceptors (Lipinski definition) is 2. The maximum absolute atomic E-state index is 10.4. The summed E-state index contributed by atoms with van der Waals surface area (Å²) in [5, 5.41) is 10.4. The summed E-state index contributed by atoms with van der Waals surface area (Å²) in [6, 6.07) is 6.57. The van der Waals surface area contributed by atoms with Crippen molar-refractivity contribution in [1.82, 2.24) is 0 Å². The van der Waals surface area contributed by atoms with Gasteiger partial charge in [-0.2, -0.15) is 0 Å². The Morgan fingerprint density at radius 2 is 2.00 bits per heavy atom. The minimum atomic E-state index is -0.387. The molecule has 1 aromatic rings. The third-order valence-corrected chi connectivity index (χ3v) is 2.37. The molecule has 0 radical (unpaired) electrons. The molecule has 0 N–H and O–H groups in total. The SMILES string of the molecule is CCC(C)/C=C/c1ccc([N+](=O)[O-])cc1. The number of nitrogens with zero attached hydrogens (tertiary/aromatic N) is 1. The van der Waals surface area contributed by atoms with E-state index in [9.17, 15) is 10.1 Å². The van der Waals surface area contributed by atoms with Crippen LogP contribution in [0.25, 0.3) is 6.08 Å². The molecule has 0 aromatic heterocycles. The summed E-state index contributed by atoms with van der Waals surface area (Å²) >= 11 is 0. The summed E-state index contributed by atoms with van der Waals surface area (Å²) in [4.78, 5) is 10.0. The van der Waals surface area contributed by atoms with Gasteiger partial charge in [0.2, 0.25) is 0 Å². The van der Waals surface area contributed by atoms with E-state index in [2.05, 4.69) is 19.9 Å². The van der Waals surface area contributed by atoms with Gasteiger partial charge in [-0.1, -0.05) is 32.4 Å². The minimum absolute atomic E-state index is 0.135. The second-order valence-corrected chi connectivity index (χ2v) is 3.59. The Labute approximate surface area is 89.6 Å². The van der Waals surface area contributed by atoms with E-state index in [1.54, 1.807) is 12.1 Å². The van der Waals surface area contributed by atoms with Crippen molar-refractivity contribution in [2.75, 3.05) is 0 Å². The molecule has 3 nitrogen and oxygen atoms in total. The summed E-state index contributed by atoms with van der Waals surface area (Å²) < 4.78 is 0. The average molecular weight is 205 g/mol. The molecule has 0 spiro atoms. The number of benzene rings is 1. The maximum Gasteiger partial charge on any atom is 0.269 e. The predicted molar refractivity (Wildman–Crippen MR) is 61.6 cm³/mol. The van der Waals surface area contributed by atoms with Crippen LogP contribution >= 0.6 is 0 Å². The van der Waals surface area contributed by atoms with E-state index in [-0.39, 0.29) is 10.6 Å². The lowest BCUT2D eigenvalue weighted by molar-refractivity contribution is -0.384. The molecule has 0 heterocycles. The number of allylic oxidation sites excluding steroid dienone is 1. The molecule has 0 saturated carbocycles. The van der Waals surface area contributed by atoms with Gasteiger partial charge in [0.15, 0.2) is 0 Å². The first-order valence-corrected chi connectivity index (χ1v) is 5.06. The van der Waals surface area contributed by atoms with Crippen molar-refractivity contribution in [3.63, 3.8) is 0 Å². The van der Waals surface area contributed by atoms with Gasteiger partial charge in [-0.3, -0.25) is 10.1 Å². The topological polar surface area (TPSA) is 43.1 Å². The van der Waals surface area contributed by atoms with Crippen molar-refractivity contribution in [2.45, 2.75) is 20.3 Å². The highest BCUT2D eigenvalue weighted by molar-refractivity contribution is 5.51.